The van der Waals surface area contributed by atoms with E-state index in [2.05, 4.69) is 25.8 Å². The van der Waals surface area contributed by atoms with Crippen LogP contribution < -0.4 is 10.6 Å². The van der Waals surface area contributed by atoms with Crippen LogP contribution in [-0.2, 0) is 13.0 Å². The molecular formula is C18H17ClFN5. The predicted molar refractivity (Wildman–Crippen MR) is 97.2 cm³/mol. The zero-order chi connectivity index (χ0) is 17.5. The summed E-state index contributed by atoms with van der Waals surface area (Å²) in [6, 6.07) is 14.3. The zero-order valence-electron chi connectivity index (χ0n) is 13.4. The van der Waals surface area contributed by atoms with Gasteiger partial charge in [-0.05, 0) is 30.2 Å². The highest BCUT2D eigenvalue weighted by atomic mass is 35.5. The molecule has 1 aromatic heterocycles. The van der Waals surface area contributed by atoms with Crippen molar-refractivity contribution < 1.29 is 4.39 Å². The quantitative estimate of drug-likeness (QED) is 0.670. The van der Waals surface area contributed by atoms with Crippen LogP contribution in [0.4, 0.5) is 16.2 Å². The number of nitrogens with zero attached hydrogens (tertiary/aromatic N) is 3. The van der Waals surface area contributed by atoms with Gasteiger partial charge in [0, 0.05) is 23.7 Å². The smallest absolute Gasteiger partial charge is 0.244 e. The van der Waals surface area contributed by atoms with E-state index in [1.54, 1.807) is 18.2 Å². The minimum Gasteiger partial charge on any atom is -0.364 e. The lowest BCUT2D eigenvalue weighted by Crippen LogP contribution is -2.11. The van der Waals surface area contributed by atoms with E-state index in [0.29, 0.717) is 30.4 Å². The average molecular weight is 358 g/mol. The molecule has 128 valence electrons. The molecule has 2 N–H and O–H groups in total. The Morgan fingerprint density at radius 2 is 1.80 bits per heavy atom. The Balaban J connectivity index is 1.52. The number of aromatic nitrogens is 3. The van der Waals surface area contributed by atoms with Crippen LogP contribution in [0.25, 0.3) is 0 Å². The maximum absolute atomic E-state index is 13.6. The molecule has 2 aromatic carbocycles. The first-order chi connectivity index (χ1) is 12.2. The zero-order valence-corrected chi connectivity index (χ0v) is 14.2. The summed E-state index contributed by atoms with van der Waals surface area (Å²) < 4.78 is 13.6. The molecule has 5 nitrogen and oxygen atoms in total. The summed E-state index contributed by atoms with van der Waals surface area (Å²) >= 11 is 5.87. The van der Waals surface area contributed by atoms with Gasteiger partial charge in [-0.15, -0.1) is 5.10 Å². The summed E-state index contributed by atoms with van der Waals surface area (Å²) in [6.45, 7) is 0.996. The fourth-order valence-electron chi connectivity index (χ4n) is 2.26. The molecule has 25 heavy (non-hydrogen) atoms. The largest absolute Gasteiger partial charge is 0.364 e. The number of anilines is 2. The van der Waals surface area contributed by atoms with Crippen molar-refractivity contribution in [3.05, 3.63) is 76.7 Å². The molecule has 0 fully saturated rings. The third kappa shape index (κ3) is 5.12. The molecule has 3 rings (SSSR count). The molecule has 0 aliphatic carbocycles. The molecule has 0 saturated heterocycles. The first-order valence-corrected chi connectivity index (χ1v) is 8.24. The molecular weight excluding hydrogens is 341 g/mol. The van der Waals surface area contributed by atoms with E-state index in [1.165, 1.54) is 17.8 Å². The van der Waals surface area contributed by atoms with E-state index in [0.717, 1.165) is 11.4 Å². The lowest BCUT2D eigenvalue weighted by atomic mass is 10.1. The minimum absolute atomic E-state index is 0.252. The van der Waals surface area contributed by atoms with Crippen molar-refractivity contribution in [3.8, 4) is 0 Å². The summed E-state index contributed by atoms with van der Waals surface area (Å²) in [7, 11) is 0. The molecule has 1 heterocycles. The highest BCUT2D eigenvalue weighted by Crippen LogP contribution is 2.11. The third-order valence-electron chi connectivity index (χ3n) is 3.59. The van der Waals surface area contributed by atoms with Crippen molar-refractivity contribution in [2.75, 3.05) is 17.2 Å². The van der Waals surface area contributed by atoms with Crippen LogP contribution >= 0.6 is 11.6 Å². The van der Waals surface area contributed by atoms with Crippen molar-refractivity contribution in [3.63, 3.8) is 0 Å². The Hall–Kier alpha value is -2.73. The summed E-state index contributed by atoms with van der Waals surface area (Å²) in [6.07, 6.45) is 2.32. The van der Waals surface area contributed by atoms with Crippen molar-refractivity contribution in [1.29, 1.82) is 0 Å². The van der Waals surface area contributed by atoms with E-state index in [4.69, 9.17) is 11.6 Å². The van der Waals surface area contributed by atoms with Crippen LogP contribution in [0.2, 0.25) is 5.02 Å². The Labute approximate surface area is 150 Å². The number of hydrogen-bond donors (Lipinski definition) is 2. The number of rotatable bonds is 7. The number of benzene rings is 2. The molecule has 0 amide bonds. The summed E-state index contributed by atoms with van der Waals surface area (Å²) in [5, 5.41) is 14.8. The highest BCUT2D eigenvalue weighted by molar-refractivity contribution is 6.30. The second kappa shape index (κ2) is 8.39. The highest BCUT2D eigenvalue weighted by Gasteiger charge is 2.03. The minimum atomic E-state index is -0.252. The van der Waals surface area contributed by atoms with Gasteiger partial charge < -0.3 is 10.6 Å². The van der Waals surface area contributed by atoms with Gasteiger partial charge in [-0.25, -0.2) is 4.39 Å². The second-order valence-corrected chi connectivity index (χ2v) is 5.85. The summed E-state index contributed by atoms with van der Waals surface area (Å²) in [5.74, 6) is 0.707. The van der Waals surface area contributed by atoms with Crippen LogP contribution in [0.3, 0.4) is 0 Å². The molecule has 0 bridgehead atoms. The Morgan fingerprint density at radius 3 is 2.60 bits per heavy atom. The summed E-state index contributed by atoms with van der Waals surface area (Å²) in [5.41, 5.74) is 1.73. The molecule has 0 aliphatic heterocycles. The van der Waals surface area contributed by atoms with Gasteiger partial charge in [0.15, 0.2) is 5.82 Å². The van der Waals surface area contributed by atoms with Crippen LogP contribution in [0.1, 0.15) is 11.1 Å². The Morgan fingerprint density at radius 1 is 1.00 bits per heavy atom. The normalized spacial score (nSPS) is 10.5. The van der Waals surface area contributed by atoms with Crippen LogP contribution in [-0.4, -0.2) is 21.7 Å². The van der Waals surface area contributed by atoms with Gasteiger partial charge in [0.1, 0.15) is 5.82 Å². The van der Waals surface area contributed by atoms with E-state index in [1.807, 2.05) is 24.3 Å². The van der Waals surface area contributed by atoms with Crippen molar-refractivity contribution in [2.45, 2.75) is 13.0 Å². The van der Waals surface area contributed by atoms with Gasteiger partial charge in [0.2, 0.25) is 5.95 Å². The van der Waals surface area contributed by atoms with E-state index >= 15 is 0 Å². The standard InChI is InChI=1S/C18H17ClFN5/c19-15-7-5-13(6-8-15)9-10-21-18-24-17(12-23-25-18)22-11-14-3-1-2-4-16(14)20/h1-8,12H,9-11H2,(H2,21,22,24,25). The summed E-state index contributed by atoms with van der Waals surface area (Å²) in [4.78, 5) is 4.32. The van der Waals surface area contributed by atoms with E-state index in [9.17, 15) is 4.39 Å². The molecule has 0 spiro atoms. The first-order valence-electron chi connectivity index (χ1n) is 7.86. The van der Waals surface area contributed by atoms with Gasteiger partial charge in [-0.2, -0.15) is 10.1 Å². The molecule has 0 unspecified atom stereocenters. The monoisotopic (exact) mass is 357 g/mol. The predicted octanol–water partition coefficient (Wildman–Crippen LogP) is 3.93. The Kier molecular flexibility index (Phi) is 5.74. The molecule has 0 aliphatic rings. The Bertz CT molecular complexity index is 826. The van der Waals surface area contributed by atoms with Crippen molar-refractivity contribution >= 4 is 23.4 Å². The van der Waals surface area contributed by atoms with Gasteiger partial charge in [-0.3, -0.25) is 0 Å². The fourth-order valence-corrected chi connectivity index (χ4v) is 2.39. The molecule has 7 heteroatoms. The molecule has 0 radical (unpaired) electrons. The van der Waals surface area contributed by atoms with Gasteiger partial charge >= 0.3 is 0 Å². The van der Waals surface area contributed by atoms with Crippen LogP contribution in [0, 0.1) is 5.82 Å². The number of hydrogen-bond acceptors (Lipinski definition) is 5. The lowest BCUT2D eigenvalue weighted by Gasteiger charge is -2.08. The fraction of sp³-hybridized carbons (Fsp3) is 0.167. The van der Waals surface area contributed by atoms with E-state index in [-0.39, 0.29) is 5.82 Å². The molecule has 0 atom stereocenters. The maximum atomic E-state index is 13.6. The van der Waals surface area contributed by atoms with E-state index < -0.39 is 0 Å². The number of halogens is 2. The third-order valence-corrected chi connectivity index (χ3v) is 3.84. The maximum Gasteiger partial charge on any atom is 0.244 e. The van der Waals surface area contributed by atoms with Gasteiger partial charge in [0.25, 0.3) is 0 Å². The molecule has 3 aromatic rings. The second-order valence-electron chi connectivity index (χ2n) is 5.41. The van der Waals surface area contributed by atoms with Crippen molar-refractivity contribution in [1.82, 2.24) is 15.2 Å². The van der Waals surface area contributed by atoms with Crippen LogP contribution in [0.15, 0.2) is 54.7 Å². The van der Waals surface area contributed by atoms with Crippen LogP contribution in [0.5, 0.6) is 0 Å². The SMILES string of the molecule is Fc1ccccc1CNc1cnnc(NCCc2ccc(Cl)cc2)n1. The average Bonchev–Trinajstić information content (AvgIpc) is 2.63. The molecule has 0 saturated carbocycles. The lowest BCUT2D eigenvalue weighted by molar-refractivity contribution is 0.613. The van der Waals surface area contributed by atoms with Crippen molar-refractivity contribution in [2.24, 2.45) is 0 Å². The van der Waals surface area contributed by atoms with Gasteiger partial charge in [-0.1, -0.05) is 41.9 Å². The number of nitrogens with one attached hydrogen (secondary N) is 2. The van der Waals surface area contributed by atoms with Gasteiger partial charge in [0.05, 0.1) is 6.20 Å². The topological polar surface area (TPSA) is 62.7 Å². The first kappa shape index (κ1) is 17.1.